The Bertz CT molecular complexity index is 791. The van der Waals surface area contributed by atoms with Crippen LogP contribution in [-0.2, 0) is 17.8 Å². The molecule has 0 spiro atoms. The first kappa shape index (κ1) is 17.7. The Kier molecular flexibility index (Phi) is 5.38. The number of carbonyl (C=O) groups excluding carboxylic acids is 1. The average Bonchev–Trinajstić information content (AvgIpc) is 3.23. The predicted molar refractivity (Wildman–Crippen MR) is 102 cm³/mol. The molecule has 2 aliphatic rings. The van der Waals surface area contributed by atoms with Crippen molar-refractivity contribution in [1.29, 1.82) is 0 Å². The highest BCUT2D eigenvalue weighted by Crippen LogP contribution is 2.30. The summed E-state index contributed by atoms with van der Waals surface area (Å²) < 4.78 is 10.1. The van der Waals surface area contributed by atoms with Crippen molar-refractivity contribution in [3.05, 3.63) is 34.6 Å². The minimum atomic E-state index is -0.166. The van der Waals surface area contributed by atoms with Gasteiger partial charge < -0.3 is 10.1 Å². The van der Waals surface area contributed by atoms with Gasteiger partial charge in [0.2, 0.25) is 11.0 Å². The maximum Gasteiger partial charge on any atom is 0.229 e. The molecule has 6 nitrogen and oxygen atoms in total. The molecule has 1 saturated heterocycles. The summed E-state index contributed by atoms with van der Waals surface area (Å²) in [5, 5.41) is 4.16. The van der Waals surface area contributed by atoms with Gasteiger partial charge in [-0.1, -0.05) is 11.6 Å². The molecule has 4 rings (SSSR count). The molecule has 1 aromatic heterocycles. The van der Waals surface area contributed by atoms with Crippen LogP contribution in [0.4, 0.5) is 5.13 Å². The molecule has 1 aromatic carbocycles. The second-order valence-electron chi connectivity index (χ2n) is 6.78. The lowest BCUT2D eigenvalue weighted by molar-refractivity contribution is -0.120. The second kappa shape index (κ2) is 7.90. The molecule has 1 N–H and O–H groups in total. The maximum absolute atomic E-state index is 12.7. The highest BCUT2D eigenvalue weighted by Gasteiger charge is 2.25. The zero-order chi connectivity index (χ0) is 17.9. The second-order valence-corrected chi connectivity index (χ2v) is 7.97. The van der Waals surface area contributed by atoms with Gasteiger partial charge in [-0.2, -0.15) is 4.37 Å². The van der Waals surface area contributed by atoms with E-state index in [1.165, 1.54) is 24.4 Å². The smallest absolute Gasteiger partial charge is 0.229 e. The van der Waals surface area contributed by atoms with Gasteiger partial charge in [-0.25, -0.2) is 4.98 Å². The van der Waals surface area contributed by atoms with Gasteiger partial charge in [-0.15, -0.1) is 0 Å². The molecule has 26 heavy (non-hydrogen) atoms. The Morgan fingerprint density at radius 2 is 2.23 bits per heavy atom. The van der Waals surface area contributed by atoms with Gasteiger partial charge in [-0.3, -0.25) is 9.69 Å². The number of aromatic nitrogens is 2. The van der Waals surface area contributed by atoms with Gasteiger partial charge in [0.25, 0.3) is 0 Å². The first-order valence-corrected chi connectivity index (χ1v) is 10.1. The molecule has 2 aliphatic heterocycles. The number of carbonyl (C=O) groups is 1. The van der Waals surface area contributed by atoms with Crippen LogP contribution in [0.25, 0.3) is 0 Å². The Labute approximate surface area is 161 Å². The first-order chi connectivity index (χ1) is 12.7. The largest absolute Gasteiger partial charge is 0.493 e. The molecule has 3 heterocycles. The van der Waals surface area contributed by atoms with Crippen LogP contribution in [0, 0.1) is 5.92 Å². The predicted octanol–water partition coefficient (Wildman–Crippen LogP) is 3.37. The summed E-state index contributed by atoms with van der Waals surface area (Å²) in [6, 6.07) is 5.55. The molecule has 1 unspecified atom stereocenters. The number of rotatable bonds is 4. The van der Waals surface area contributed by atoms with E-state index >= 15 is 0 Å². The number of hydrogen-bond donors (Lipinski definition) is 1. The van der Waals surface area contributed by atoms with Crippen molar-refractivity contribution in [3.8, 4) is 5.75 Å². The fourth-order valence-electron chi connectivity index (χ4n) is 3.47. The summed E-state index contributed by atoms with van der Waals surface area (Å²) >= 11 is 7.33. The minimum Gasteiger partial charge on any atom is -0.493 e. The number of halogens is 1. The Morgan fingerprint density at radius 1 is 1.38 bits per heavy atom. The van der Waals surface area contributed by atoms with Crippen LogP contribution in [0.2, 0.25) is 5.02 Å². The normalized spacial score (nSPS) is 20.3. The van der Waals surface area contributed by atoms with Crippen molar-refractivity contribution in [2.24, 2.45) is 5.92 Å². The van der Waals surface area contributed by atoms with Gasteiger partial charge in [-0.05, 0) is 62.5 Å². The van der Waals surface area contributed by atoms with E-state index in [4.69, 9.17) is 16.3 Å². The van der Waals surface area contributed by atoms with Gasteiger partial charge in [0, 0.05) is 22.5 Å². The molecule has 1 atom stereocenters. The molecule has 138 valence electrons. The Balaban J connectivity index is 1.39. The van der Waals surface area contributed by atoms with Crippen LogP contribution in [0.1, 0.15) is 30.7 Å². The number of ether oxygens (including phenoxy) is 1. The van der Waals surface area contributed by atoms with E-state index in [1.807, 2.05) is 18.2 Å². The number of anilines is 1. The van der Waals surface area contributed by atoms with Crippen molar-refractivity contribution < 1.29 is 9.53 Å². The van der Waals surface area contributed by atoms with Crippen molar-refractivity contribution in [3.63, 3.8) is 0 Å². The van der Waals surface area contributed by atoms with Gasteiger partial charge in [0.1, 0.15) is 5.75 Å². The third-order valence-electron chi connectivity index (χ3n) is 4.85. The van der Waals surface area contributed by atoms with Crippen LogP contribution in [0.3, 0.4) is 0 Å². The van der Waals surface area contributed by atoms with E-state index in [2.05, 4.69) is 19.6 Å². The summed E-state index contributed by atoms with van der Waals surface area (Å²) in [4.78, 5) is 19.5. The summed E-state index contributed by atoms with van der Waals surface area (Å²) in [5.41, 5.74) is 0.974. The highest BCUT2D eigenvalue weighted by atomic mass is 35.5. The van der Waals surface area contributed by atoms with Crippen molar-refractivity contribution in [1.82, 2.24) is 14.3 Å². The SMILES string of the molecule is O=C(Nc1nc(CN2CCCC2)ns1)C1CCOc2ccc(Cl)cc2C1. The standard InChI is InChI=1S/C18H21ClN4O2S/c19-14-3-4-15-13(10-14)9-12(5-8-25-15)17(24)21-18-20-16(22-26-18)11-23-6-1-2-7-23/h3-4,10,12H,1-2,5-9,11H2,(H,20,21,22,24). The van der Waals surface area contributed by atoms with Crippen LogP contribution in [-0.4, -0.2) is 39.9 Å². The average molecular weight is 393 g/mol. The molecule has 8 heteroatoms. The van der Waals surface area contributed by atoms with Crippen LogP contribution in [0.15, 0.2) is 18.2 Å². The number of amides is 1. The van der Waals surface area contributed by atoms with E-state index < -0.39 is 0 Å². The quantitative estimate of drug-likeness (QED) is 0.864. The molecule has 1 amide bonds. The number of fused-ring (bicyclic) bond motifs is 1. The molecular weight excluding hydrogens is 372 g/mol. The number of nitrogens with one attached hydrogen (secondary N) is 1. The summed E-state index contributed by atoms with van der Waals surface area (Å²) in [5.74, 6) is 1.40. The van der Waals surface area contributed by atoms with E-state index in [9.17, 15) is 4.79 Å². The lowest BCUT2D eigenvalue weighted by atomic mass is 9.96. The van der Waals surface area contributed by atoms with Gasteiger partial charge in [0.05, 0.1) is 13.2 Å². The fraction of sp³-hybridized carbons (Fsp3) is 0.500. The third-order valence-corrected chi connectivity index (χ3v) is 5.75. The number of nitrogens with zero attached hydrogens (tertiary/aromatic N) is 3. The van der Waals surface area contributed by atoms with E-state index in [0.29, 0.717) is 29.6 Å². The zero-order valence-electron chi connectivity index (χ0n) is 14.4. The van der Waals surface area contributed by atoms with Crippen LogP contribution in [0.5, 0.6) is 5.75 Å². The number of hydrogen-bond acceptors (Lipinski definition) is 6. The molecule has 1 fully saturated rings. The Morgan fingerprint density at radius 3 is 3.08 bits per heavy atom. The maximum atomic E-state index is 12.7. The van der Waals surface area contributed by atoms with Crippen molar-refractivity contribution in [2.45, 2.75) is 32.2 Å². The summed E-state index contributed by atoms with van der Waals surface area (Å²) in [6.07, 6.45) is 3.75. The summed E-state index contributed by atoms with van der Waals surface area (Å²) in [7, 11) is 0. The van der Waals surface area contributed by atoms with Crippen molar-refractivity contribution >= 4 is 34.2 Å². The molecule has 0 radical (unpaired) electrons. The van der Waals surface area contributed by atoms with E-state index in [-0.39, 0.29) is 11.8 Å². The van der Waals surface area contributed by atoms with Crippen LogP contribution >= 0.6 is 23.1 Å². The topological polar surface area (TPSA) is 67.4 Å². The molecule has 0 saturated carbocycles. The summed E-state index contributed by atoms with van der Waals surface area (Å²) in [6.45, 7) is 3.48. The van der Waals surface area contributed by atoms with E-state index in [0.717, 1.165) is 36.8 Å². The number of benzene rings is 1. The molecule has 0 bridgehead atoms. The molecular formula is C18H21ClN4O2S. The highest BCUT2D eigenvalue weighted by molar-refractivity contribution is 7.09. The minimum absolute atomic E-state index is 0.0368. The number of likely N-dealkylation sites (tertiary alicyclic amines) is 1. The van der Waals surface area contributed by atoms with Gasteiger partial charge >= 0.3 is 0 Å². The zero-order valence-corrected chi connectivity index (χ0v) is 16.0. The van der Waals surface area contributed by atoms with Crippen molar-refractivity contribution in [2.75, 3.05) is 25.0 Å². The van der Waals surface area contributed by atoms with E-state index in [1.54, 1.807) is 0 Å². The fourth-order valence-corrected chi connectivity index (χ4v) is 4.25. The van der Waals surface area contributed by atoms with Crippen LogP contribution < -0.4 is 10.1 Å². The molecule has 2 aromatic rings. The lowest BCUT2D eigenvalue weighted by Gasteiger charge is -2.12. The Hall–Kier alpha value is -1.70. The van der Waals surface area contributed by atoms with Gasteiger partial charge in [0.15, 0.2) is 5.82 Å². The third kappa shape index (κ3) is 4.16. The lowest BCUT2D eigenvalue weighted by Crippen LogP contribution is -2.25. The molecule has 0 aliphatic carbocycles. The monoisotopic (exact) mass is 392 g/mol. The first-order valence-electron chi connectivity index (χ1n) is 8.94.